The number of hydrogen-bond acceptors (Lipinski definition) is 13. The molecule has 390 valence electrons. The van der Waals surface area contributed by atoms with Crippen LogP contribution in [0.5, 0.6) is 0 Å². The summed E-state index contributed by atoms with van der Waals surface area (Å²) < 4.78 is 25.4. The van der Waals surface area contributed by atoms with E-state index in [9.17, 15) is 24.0 Å². The molecule has 0 bridgehead atoms. The van der Waals surface area contributed by atoms with Crippen LogP contribution in [0, 0.1) is 3.70 Å². The van der Waals surface area contributed by atoms with Gasteiger partial charge in [0.1, 0.15) is 25.9 Å². The quantitative estimate of drug-likeness (QED) is 0.0629. The summed E-state index contributed by atoms with van der Waals surface area (Å²) in [5.74, 6) is 0.322. The molecule has 2 aliphatic heterocycles. The molecule has 8 rings (SSSR count). The van der Waals surface area contributed by atoms with Crippen LogP contribution in [0.15, 0.2) is 71.5 Å². The number of aromatic amines is 1. The van der Waals surface area contributed by atoms with E-state index >= 15 is 0 Å². The largest absolute Gasteiger partial charge is 0.465 e. The molecule has 73 heavy (non-hydrogen) atoms. The third-order valence-electron chi connectivity index (χ3n) is 11.9. The summed E-state index contributed by atoms with van der Waals surface area (Å²) in [4.78, 5) is 80.1. The molecule has 3 N–H and O–H groups in total. The van der Waals surface area contributed by atoms with E-state index in [1.54, 1.807) is 31.2 Å². The van der Waals surface area contributed by atoms with E-state index in [0.717, 1.165) is 43.4 Å². The molecule has 5 heterocycles. The maximum absolute atomic E-state index is 13.5. The number of fused-ring (bicyclic) bond motifs is 3. The van der Waals surface area contributed by atoms with Crippen molar-refractivity contribution in [3.05, 3.63) is 113 Å². The lowest BCUT2D eigenvalue weighted by Gasteiger charge is -2.34. The van der Waals surface area contributed by atoms with Gasteiger partial charge in [0.05, 0.1) is 37.9 Å². The van der Waals surface area contributed by atoms with Gasteiger partial charge in [0, 0.05) is 53.7 Å². The number of nitrogens with zero attached hydrogens (tertiary/aromatic N) is 6. The Labute approximate surface area is 447 Å². The van der Waals surface area contributed by atoms with Gasteiger partial charge in [-0.1, -0.05) is 59.6 Å². The minimum absolute atomic E-state index is 0.0947. The monoisotopic (exact) mass is 1150 g/mol. The normalized spacial score (nSPS) is 16.1. The highest BCUT2D eigenvalue weighted by Gasteiger charge is 2.32. The van der Waals surface area contributed by atoms with Gasteiger partial charge in [-0.2, -0.15) is 0 Å². The van der Waals surface area contributed by atoms with Crippen LogP contribution in [-0.2, 0) is 32.0 Å². The number of alkyl carbamates (subject to hydrolysis) is 2. The van der Waals surface area contributed by atoms with Crippen LogP contribution in [0.4, 0.5) is 21.5 Å². The van der Waals surface area contributed by atoms with Crippen LogP contribution in [0.3, 0.4) is 0 Å². The lowest BCUT2D eigenvalue weighted by molar-refractivity contribution is 0.0487. The van der Waals surface area contributed by atoms with Crippen LogP contribution in [-0.4, -0.2) is 111 Å². The molecule has 3 aromatic carbocycles. The van der Waals surface area contributed by atoms with Gasteiger partial charge in [0.15, 0.2) is 5.69 Å². The van der Waals surface area contributed by atoms with Crippen LogP contribution in [0.1, 0.15) is 106 Å². The molecular weight excluding hydrogens is 1090 g/mol. The Morgan fingerprint density at radius 2 is 1.27 bits per heavy atom. The minimum atomic E-state index is -0.605. The zero-order chi connectivity index (χ0) is 52.8. The highest BCUT2D eigenvalue weighted by molar-refractivity contribution is 14.1. The topological polar surface area (TPSA) is 204 Å². The molecule has 2 fully saturated rings. The number of rotatable bonds is 11. The summed E-state index contributed by atoms with van der Waals surface area (Å²) in [5, 5.41) is 7.75. The molecule has 0 spiro atoms. The van der Waals surface area contributed by atoms with Crippen molar-refractivity contribution in [2.45, 2.75) is 111 Å². The van der Waals surface area contributed by atoms with E-state index in [0.29, 0.717) is 91.6 Å². The summed E-state index contributed by atoms with van der Waals surface area (Å²) in [5.41, 5.74) is 2.37. The number of amides is 2. The average Bonchev–Trinajstić information content (AvgIpc) is 3.87. The van der Waals surface area contributed by atoms with Crippen molar-refractivity contribution in [3.8, 4) is 0 Å². The number of pyridine rings is 1. The zero-order valence-electron chi connectivity index (χ0n) is 42.3. The predicted octanol–water partition coefficient (Wildman–Crippen LogP) is 9.72. The Kier molecular flexibility index (Phi) is 17.6. The molecule has 6 aromatic rings. The minimum Gasteiger partial charge on any atom is -0.465 e. The third-order valence-corrected chi connectivity index (χ3v) is 13.4. The van der Waals surface area contributed by atoms with Gasteiger partial charge in [0.2, 0.25) is 11.9 Å². The van der Waals surface area contributed by atoms with Gasteiger partial charge in [-0.05, 0) is 138 Å². The number of aromatic nitrogens is 5. The number of methoxy groups -OCH3 is 1. The van der Waals surface area contributed by atoms with E-state index in [2.05, 4.69) is 48.0 Å². The number of anilines is 2. The molecule has 0 saturated carbocycles. The maximum atomic E-state index is 13.5. The number of esters is 2. The second-order valence-corrected chi connectivity index (χ2v) is 21.6. The number of piperidine rings is 2. The molecule has 18 nitrogen and oxygen atoms in total. The lowest BCUT2D eigenvalue weighted by Crippen LogP contribution is -2.49. The van der Waals surface area contributed by atoms with E-state index < -0.39 is 35.3 Å². The van der Waals surface area contributed by atoms with Gasteiger partial charge in [-0.15, -0.1) is 0 Å². The Morgan fingerprint density at radius 1 is 0.753 bits per heavy atom. The number of carbonyl (C=O) groups excluding carboxylic acids is 4. The van der Waals surface area contributed by atoms with Crippen molar-refractivity contribution in [1.29, 1.82) is 0 Å². The first-order chi connectivity index (χ1) is 34.6. The summed E-state index contributed by atoms with van der Waals surface area (Å²) in [6, 6.07) is 19.7. The predicted molar refractivity (Wildman–Crippen MR) is 290 cm³/mol. The Bertz CT molecular complexity index is 3050. The number of hydrogen-bond donors (Lipinski definition) is 3. The number of ether oxygens (including phenoxy) is 4. The number of H-pyrrole nitrogens is 1. The van der Waals surface area contributed by atoms with Crippen molar-refractivity contribution in [2.75, 3.05) is 49.7 Å². The maximum Gasteiger partial charge on any atom is 0.407 e. The Hall–Kier alpha value is -6.06. The number of halogens is 3. The van der Waals surface area contributed by atoms with Crippen LogP contribution < -0.4 is 26.0 Å². The fourth-order valence-electron chi connectivity index (χ4n) is 8.82. The van der Waals surface area contributed by atoms with Crippen molar-refractivity contribution in [2.24, 2.45) is 0 Å². The number of nitrogens with one attached hydrogen (secondary N) is 3. The SMILES string of the molecule is CCOC(=O)c1c(I)nc(N2CCC[C@@H](NC(=O)OC(C)(C)C)C2)n1Cc1ccccc1Cl.COC(=O)c1ccc2[nH]c(=O)c3c(nc(N4CCC[C@@H](NC(=O)OC(C)(C)C)C4)n3Cc3ccccc3Cl)c2c1. The zero-order valence-corrected chi connectivity index (χ0v) is 45.9. The van der Waals surface area contributed by atoms with E-state index in [-0.39, 0.29) is 24.2 Å². The number of imidazole rings is 2. The molecule has 3 aromatic heterocycles. The first-order valence-corrected chi connectivity index (χ1v) is 26.0. The fraction of sp³-hybridized carbons (Fsp3) is 0.442. The Morgan fingerprint density at radius 3 is 1.78 bits per heavy atom. The lowest BCUT2D eigenvalue weighted by atomic mass is 10.1. The number of carbonyl (C=O) groups is 4. The molecule has 0 unspecified atom stereocenters. The van der Waals surface area contributed by atoms with Gasteiger partial charge >= 0.3 is 24.1 Å². The van der Waals surface area contributed by atoms with E-state index in [4.69, 9.17) is 52.1 Å². The first-order valence-electron chi connectivity index (χ1n) is 24.2. The van der Waals surface area contributed by atoms with Crippen molar-refractivity contribution >= 4 is 104 Å². The van der Waals surface area contributed by atoms with Gasteiger partial charge in [-0.3, -0.25) is 9.36 Å². The van der Waals surface area contributed by atoms with Crippen LogP contribution in [0.25, 0.3) is 21.9 Å². The second kappa shape index (κ2) is 23.4. The van der Waals surface area contributed by atoms with E-state index in [1.807, 2.05) is 93.1 Å². The third kappa shape index (κ3) is 13.8. The molecule has 0 radical (unpaired) electrons. The fourth-order valence-corrected chi connectivity index (χ4v) is 9.94. The molecule has 2 aliphatic rings. The molecule has 2 amide bonds. The Balaban J connectivity index is 0.000000218. The number of benzene rings is 3. The van der Waals surface area contributed by atoms with Crippen LogP contribution in [0.2, 0.25) is 10.0 Å². The summed E-state index contributed by atoms with van der Waals surface area (Å²) in [6.45, 7) is 16.2. The van der Waals surface area contributed by atoms with Crippen molar-refractivity contribution in [3.63, 3.8) is 0 Å². The molecule has 21 heteroatoms. The smallest absolute Gasteiger partial charge is 0.407 e. The van der Waals surface area contributed by atoms with Gasteiger partial charge < -0.3 is 48.9 Å². The van der Waals surface area contributed by atoms with Gasteiger partial charge in [-0.25, -0.2) is 29.1 Å². The highest BCUT2D eigenvalue weighted by Crippen LogP contribution is 2.32. The summed E-state index contributed by atoms with van der Waals surface area (Å²) in [7, 11) is 1.32. The van der Waals surface area contributed by atoms with Crippen molar-refractivity contribution in [1.82, 2.24) is 34.7 Å². The van der Waals surface area contributed by atoms with E-state index in [1.165, 1.54) is 7.11 Å². The second-order valence-electron chi connectivity index (χ2n) is 19.8. The standard InChI is InChI=1S/C29H32ClN5O5.C23H30ClIN4O4/c1-29(2,3)40-28(38)31-19-9-7-13-34(16-19)27-33-23-20-14-17(26(37)39-4)11-12-22(20)32-25(36)24(23)35(27)15-18-8-5-6-10-21(18)30;1-5-32-20(30)18-19(25)27-21(29(18)13-15-9-6-7-11-17(15)24)28-12-8-10-16(14-28)26-22(31)33-23(2,3)4/h5-6,8,10-12,14,19H,7,9,13,15-16H2,1-4H3,(H,31,38)(H,32,36);6-7,9,11,16H,5,8,10,12-14H2,1-4H3,(H,26,31)/t19-;16-/m11/s1. The average molecular weight is 1150 g/mol. The summed E-state index contributed by atoms with van der Waals surface area (Å²) in [6.07, 6.45) is 2.39. The summed E-state index contributed by atoms with van der Waals surface area (Å²) >= 11 is 15.0. The molecular formula is C52H62Cl2IN9O9. The van der Waals surface area contributed by atoms with Crippen molar-refractivity contribution < 1.29 is 38.1 Å². The van der Waals surface area contributed by atoms with Crippen LogP contribution >= 0.6 is 45.8 Å². The first kappa shape index (κ1) is 54.7. The van der Waals surface area contributed by atoms with Gasteiger partial charge in [0.25, 0.3) is 5.56 Å². The molecule has 2 atom stereocenters. The molecule has 0 aliphatic carbocycles. The molecule has 2 saturated heterocycles. The highest BCUT2D eigenvalue weighted by atomic mass is 127.